The second-order valence-corrected chi connectivity index (χ2v) is 5.66. The SMILES string of the molecule is O=C(c1cccn1CC(F)F)N1C2CCC1CC(O)C2. The maximum Gasteiger partial charge on any atom is 0.270 e. The summed E-state index contributed by atoms with van der Waals surface area (Å²) < 4.78 is 26.4. The third-order valence-corrected chi connectivity index (χ3v) is 4.33. The first-order valence-corrected chi connectivity index (χ1v) is 7.00. The number of piperidine rings is 1. The maximum atomic E-state index is 12.6. The van der Waals surface area contributed by atoms with Gasteiger partial charge in [0.05, 0.1) is 12.6 Å². The van der Waals surface area contributed by atoms with Crippen molar-refractivity contribution in [1.29, 1.82) is 0 Å². The summed E-state index contributed by atoms with van der Waals surface area (Å²) in [6.45, 7) is -0.458. The van der Waals surface area contributed by atoms with Gasteiger partial charge in [-0.3, -0.25) is 4.79 Å². The Hall–Kier alpha value is -1.43. The second kappa shape index (κ2) is 5.16. The van der Waals surface area contributed by atoms with Crippen molar-refractivity contribution in [2.24, 2.45) is 0 Å². The lowest BCUT2D eigenvalue weighted by molar-refractivity contribution is 0.0276. The Morgan fingerprint density at radius 2 is 2.00 bits per heavy atom. The Labute approximate surface area is 116 Å². The molecule has 1 N–H and O–H groups in total. The molecule has 0 aliphatic carbocycles. The summed E-state index contributed by atoms with van der Waals surface area (Å²) >= 11 is 0. The zero-order chi connectivity index (χ0) is 14.3. The molecule has 1 aromatic heterocycles. The summed E-state index contributed by atoms with van der Waals surface area (Å²) in [5.41, 5.74) is 0.318. The molecule has 2 aliphatic rings. The van der Waals surface area contributed by atoms with E-state index in [1.807, 2.05) is 0 Å². The first kappa shape index (κ1) is 13.5. The number of aliphatic hydroxyl groups is 1. The molecule has 0 saturated carbocycles. The third-order valence-electron chi connectivity index (χ3n) is 4.33. The van der Waals surface area contributed by atoms with E-state index in [1.165, 1.54) is 10.8 Å². The van der Waals surface area contributed by atoms with E-state index in [4.69, 9.17) is 0 Å². The summed E-state index contributed by atoms with van der Waals surface area (Å²) in [4.78, 5) is 14.4. The van der Waals surface area contributed by atoms with Crippen molar-refractivity contribution in [2.75, 3.05) is 0 Å². The van der Waals surface area contributed by atoms with E-state index in [-0.39, 0.29) is 24.1 Å². The number of hydrogen-bond acceptors (Lipinski definition) is 2. The highest BCUT2D eigenvalue weighted by Crippen LogP contribution is 2.36. The van der Waals surface area contributed by atoms with Gasteiger partial charge >= 0.3 is 0 Å². The van der Waals surface area contributed by atoms with Gasteiger partial charge in [0, 0.05) is 18.3 Å². The van der Waals surface area contributed by atoms with Gasteiger partial charge in [-0.15, -0.1) is 0 Å². The molecule has 4 nitrogen and oxygen atoms in total. The lowest BCUT2D eigenvalue weighted by Crippen LogP contribution is -2.48. The van der Waals surface area contributed by atoms with Gasteiger partial charge in [0.15, 0.2) is 0 Å². The standard InChI is InChI=1S/C14H18F2N2O2/c15-13(16)8-17-5-1-2-12(17)14(20)18-9-3-4-10(18)7-11(19)6-9/h1-2,5,9-11,13,19H,3-4,6-8H2. The number of hydrogen-bond donors (Lipinski definition) is 1. The fourth-order valence-corrected chi connectivity index (χ4v) is 3.53. The van der Waals surface area contributed by atoms with E-state index in [2.05, 4.69) is 0 Å². The van der Waals surface area contributed by atoms with Gasteiger partial charge in [0.2, 0.25) is 0 Å². The van der Waals surface area contributed by atoms with Crippen LogP contribution in [0.4, 0.5) is 8.78 Å². The summed E-state index contributed by atoms with van der Waals surface area (Å²) in [6.07, 6.45) is 1.67. The number of aliphatic hydroxyl groups excluding tert-OH is 1. The molecule has 2 bridgehead atoms. The number of nitrogens with zero attached hydrogens (tertiary/aromatic N) is 2. The number of carbonyl (C=O) groups is 1. The van der Waals surface area contributed by atoms with Gasteiger partial charge in [-0.05, 0) is 37.8 Å². The maximum absolute atomic E-state index is 12.6. The van der Waals surface area contributed by atoms with Crippen LogP contribution in [0.5, 0.6) is 0 Å². The van der Waals surface area contributed by atoms with Crippen LogP contribution < -0.4 is 0 Å². The molecule has 1 aromatic rings. The molecule has 0 radical (unpaired) electrons. The van der Waals surface area contributed by atoms with Crippen molar-refractivity contribution in [1.82, 2.24) is 9.47 Å². The summed E-state index contributed by atoms with van der Waals surface area (Å²) in [7, 11) is 0. The largest absolute Gasteiger partial charge is 0.393 e. The number of carbonyl (C=O) groups excluding carboxylic acids is 1. The van der Waals surface area contributed by atoms with Gasteiger partial charge in [-0.2, -0.15) is 0 Å². The van der Waals surface area contributed by atoms with E-state index in [1.54, 1.807) is 17.0 Å². The number of amides is 1. The van der Waals surface area contributed by atoms with E-state index >= 15 is 0 Å². The molecule has 1 amide bonds. The number of rotatable bonds is 3. The zero-order valence-corrected chi connectivity index (χ0v) is 11.1. The number of halogens is 2. The van der Waals surface area contributed by atoms with Crippen LogP contribution in [0.1, 0.15) is 36.2 Å². The van der Waals surface area contributed by atoms with Crippen LogP contribution in [-0.2, 0) is 6.54 Å². The molecule has 2 aliphatic heterocycles. The zero-order valence-electron chi connectivity index (χ0n) is 11.1. The van der Waals surface area contributed by atoms with Crippen LogP contribution in [0.3, 0.4) is 0 Å². The highest BCUT2D eigenvalue weighted by atomic mass is 19.3. The Morgan fingerprint density at radius 1 is 1.35 bits per heavy atom. The van der Waals surface area contributed by atoms with Gasteiger partial charge < -0.3 is 14.6 Å². The van der Waals surface area contributed by atoms with Crippen molar-refractivity contribution >= 4 is 5.91 Å². The molecule has 2 fully saturated rings. The minimum atomic E-state index is -2.48. The van der Waals surface area contributed by atoms with E-state index in [0.717, 1.165) is 12.8 Å². The van der Waals surface area contributed by atoms with E-state index < -0.39 is 13.0 Å². The first-order valence-electron chi connectivity index (χ1n) is 7.00. The molecule has 3 rings (SSSR count). The molecule has 6 heteroatoms. The van der Waals surface area contributed by atoms with Crippen LogP contribution in [-0.4, -0.2) is 45.1 Å². The molecule has 20 heavy (non-hydrogen) atoms. The molecule has 0 aromatic carbocycles. The molecular weight excluding hydrogens is 266 g/mol. The van der Waals surface area contributed by atoms with Crippen LogP contribution >= 0.6 is 0 Å². The summed E-state index contributed by atoms with van der Waals surface area (Å²) in [5.74, 6) is -0.185. The number of aromatic nitrogens is 1. The molecular formula is C14H18F2N2O2. The predicted octanol–water partition coefficient (Wildman–Crippen LogP) is 1.88. The van der Waals surface area contributed by atoms with E-state index in [0.29, 0.717) is 18.5 Å². The Morgan fingerprint density at radius 3 is 2.60 bits per heavy atom. The van der Waals surface area contributed by atoms with Crippen molar-refractivity contribution in [2.45, 2.75) is 56.8 Å². The van der Waals surface area contributed by atoms with Crippen molar-refractivity contribution in [3.63, 3.8) is 0 Å². The van der Waals surface area contributed by atoms with Crippen molar-refractivity contribution in [3.8, 4) is 0 Å². The fourth-order valence-electron chi connectivity index (χ4n) is 3.53. The highest BCUT2D eigenvalue weighted by molar-refractivity contribution is 5.93. The molecule has 2 atom stereocenters. The van der Waals surface area contributed by atoms with E-state index in [9.17, 15) is 18.7 Å². The molecule has 110 valence electrons. The first-order chi connectivity index (χ1) is 9.56. The normalized spacial score (nSPS) is 29.2. The second-order valence-electron chi connectivity index (χ2n) is 5.66. The lowest BCUT2D eigenvalue weighted by atomic mass is 9.99. The molecule has 0 spiro atoms. The Balaban J connectivity index is 1.81. The monoisotopic (exact) mass is 284 g/mol. The highest BCUT2D eigenvalue weighted by Gasteiger charge is 2.43. The van der Waals surface area contributed by atoms with Crippen LogP contribution in [0, 0.1) is 0 Å². The summed E-state index contributed by atoms with van der Waals surface area (Å²) in [6, 6.07) is 3.31. The topological polar surface area (TPSA) is 45.5 Å². The number of fused-ring (bicyclic) bond motifs is 2. The van der Waals surface area contributed by atoms with Gasteiger partial charge in [0.1, 0.15) is 5.69 Å². The van der Waals surface area contributed by atoms with Crippen LogP contribution in [0.25, 0.3) is 0 Å². The lowest BCUT2D eigenvalue weighted by Gasteiger charge is -2.37. The predicted molar refractivity (Wildman–Crippen MR) is 68.7 cm³/mol. The van der Waals surface area contributed by atoms with Crippen LogP contribution in [0.2, 0.25) is 0 Å². The molecule has 3 heterocycles. The Kier molecular flexibility index (Phi) is 3.50. The molecule has 2 saturated heterocycles. The minimum Gasteiger partial charge on any atom is -0.393 e. The average molecular weight is 284 g/mol. The third kappa shape index (κ3) is 2.32. The molecule has 2 unspecified atom stereocenters. The summed E-state index contributed by atoms with van der Waals surface area (Å²) in [5, 5.41) is 9.75. The average Bonchev–Trinajstić information content (AvgIpc) is 2.91. The van der Waals surface area contributed by atoms with Gasteiger partial charge in [-0.1, -0.05) is 0 Å². The van der Waals surface area contributed by atoms with Crippen molar-refractivity contribution < 1.29 is 18.7 Å². The fraction of sp³-hybridized carbons (Fsp3) is 0.643. The number of alkyl halides is 2. The Bertz CT molecular complexity index is 489. The minimum absolute atomic E-state index is 0.0474. The van der Waals surface area contributed by atoms with Crippen molar-refractivity contribution in [3.05, 3.63) is 24.0 Å². The van der Waals surface area contributed by atoms with Gasteiger partial charge in [0.25, 0.3) is 12.3 Å². The van der Waals surface area contributed by atoms with Gasteiger partial charge in [-0.25, -0.2) is 8.78 Å². The smallest absolute Gasteiger partial charge is 0.270 e. The quantitative estimate of drug-likeness (QED) is 0.921. The van der Waals surface area contributed by atoms with Crippen LogP contribution in [0.15, 0.2) is 18.3 Å².